The zero-order valence-corrected chi connectivity index (χ0v) is 5.76. The van der Waals surface area contributed by atoms with E-state index in [9.17, 15) is 4.79 Å². The molecule has 1 unspecified atom stereocenters. The smallest absolute Gasteiger partial charge is 0.132 e. The van der Waals surface area contributed by atoms with Gasteiger partial charge in [0.1, 0.15) is 5.78 Å². The Morgan fingerprint density at radius 3 is 2.44 bits per heavy atom. The lowest BCUT2D eigenvalue weighted by Gasteiger charge is -2.01. The highest BCUT2D eigenvalue weighted by atomic mass is 16.1. The molecular weight excluding hydrogens is 114 g/mol. The van der Waals surface area contributed by atoms with Crippen molar-refractivity contribution in [2.75, 3.05) is 0 Å². The van der Waals surface area contributed by atoms with Crippen molar-refractivity contribution in [1.82, 2.24) is 0 Å². The van der Waals surface area contributed by atoms with Crippen molar-refractivity contribution in [1.29, 1.82) is 0 Å². The first-order valence-electron chi connectivity index (χ1n) is 3.46. The van der Waals surface area contributed by atoms with Gasteiger partial charge in [0.15, 0.2) is 0 Å². The van der Waals surface area contributed by atoms with Gasteiger partial charge in [-0.1, -0.05) is 0 Å². The molecule has 0 amide bonds. The molecule has 1 fully saturated rings. The Balaban J connectivity index is 2.39. The third-order valence-electron chi connectivity index (χ3n) is 2.05. The van der Waals surface area contributed by atoms with Crippen molar-refractivity contribution in [2.24, 2.45) is 11.7 Å². The van der Waals surface area contributed by atoms with E-state index in [4.69, 9.17) is 5.73 Å². The summed E-state index contributed by atoms with van der Waals surface area (Å²) in [6.45, 7) is 1.66. The molecule has 0 aromatic heterocycles. The lowest BCUT2D eigenvalue weighted by Crippen LogP contribution is -2.16. The van der Waals surface area contributed by atoms with Crippen molar-refractivity contribution in [3.8, 4) is 0 Å². The third kappa shape index (κ3) is 1.52. The topological polar surface area (TPSA) is 43.1 Å². The monoisotopic (exact) mass is 127 g/mol. The van der Waals surface area contributed by atoms with E-state index in [0.717, 1.165) is 19.3 Å². The van der Waals surface area contributed by atoms with Gasteiger partial charge in [-0.2, -0.15) is 0 Å². The van der Waals surface area contributed by atoms with E-state index in [0.29, 0.717) is 11.8 Å². The number of hydrogen-bond donors (Lipinski definition) is 1. The first kappa shape index (κ1) is 6.75. The lowest BCUT2D eigenvalue weighted by molar-refractivity contribution is -0.120. The summed E-state index contributed by atoms with van der Waals surface area (Å²) in [6.07, 6.45) is 2.95. The lowest BCUT2D eigenvalue weighted by atomic mass is 10.0. The SMILES string of the molecule is CC(=O)C1CC[C@@H](N)C1. The highest BCUT2D eigenvalue weighted by Crippen LogP contribution is 2.24. The molecule has 0 heterocycles. The maximum Gasteiger partial charge on any atom is 0.132 e. The molecular formula is C7H13NO. The first-order chi connectivity index (χ1) is 4.20. The fourth-order valence-corrected chi connectivity index (χ4v) is 1.39. The fourth-order valence-electron chi connectivity index (χ4n) is 1.39. The van der Waals surface area contributed by atoms with Gasteiger partial charge >= 0.3 is 0 Å². The van der Waals surface area contributed by atoms with E-state index in [2.05, 4.69) is 0 Å². The van der Waals surface area contributed by atoms with Crippen molar-refractivity contribution >= 4 is 5.78 Å². The van der Waals surface area contributed by atoms with Gasteiger partial charge in [0.25, 0.3) is 0 Å². The zero-order chi connectivity index (χ0) is 6.85. The Labute approximate surface area is 55.4 Å². The van der Waals surface area contributed by atoms with Crippen molar-refractivity contribution in [2.45, 2.75) is 32.2 Å². The Bertz CT molecular complexity index is 122. The summed E-state index contributed by atoms with van der Waals surface area (Å²) in [5.41, 5.74) is 5.61. The second kappa shape index (κ2) is 2.48. The number of carbonyl (C=O) groups is 1. The van der Waals surface area contributed by atoms with Crippen LogP contribution in [0.25, 0.3) is 0 Å². The largest absolute Gasteiger partial charge is 0.328 e. The molecule has 2 nitrogen and oxygen atoms in total. The molecule has 0 radical (unpaired) electrons. The molecule has 2 N–H and O–H groups in total. The molecule has 1 rings (SSSR count). The van der Waals surface area contributed by atoms with Crippen LogP contribution in [0.5, 0.6) is 0 Å². The van der Waals surface area contributed by atoms with Crippen LogP contribution in [0, 0.1) is 5.92 Å². The average Bonchev–Trinajstić information content (AvgIpc) is 2.14. The second-order valence-corrected chi connectivity index (χ2v) is 2.88. The molecule has 1 aliphatic rings. The van der Waals surface area contributed by atoms with Gasteiger partial charge in [0.2, 0.25) is 0 Å². The number of ketones is 1. The number of rotatable bonds is 1. The van der Waals surface area contributed by atoms with Gasteiger partial charge in [-0.25, -0.2) is 0 Å². The van der Waals surface area contributed by atoms with Crippen LogP contribution < -0.4 is 5.73 Å². The number of carbonyl (C=O) groups excluding carboxylic acids is 1. The van der Waals surface area contributed by atoms with E-state index in [1.54, 1.807) is 6.92 Å². The van der Waals surface area contributed by atoms with Crippen molar-refractivity contribution in [3.63, 3.8) is 0 Å². The van der Waals surface area contributed by atoms with E-state index < -0.39 is 0 Å². The van der Waals surface area contributed by atoms with Crippen LogP contribution >= 0.6 is 0 Å². The molecule has 1 aliphatic carbocycles. The van der Waals surface area contributed by atoms with Gasteiger partial charge < -0.3 is 5.73 Å². The Morgan fingerprint density at radius 2 is 2.22 bits per heavy atom. The molecule has 1 saturated carbocycles. The van der Waals surface area contributed by atoms with Crippen LogP contribution in [-0.4, -0.2) is 11.8 Å². The van der Waals surface area contributed by atoms with E-state index in [1.807, 2.05) is 0 Å². The summed E-state index contributed by atoms with van der Waals surface area (Å²) >= 11 is 0. The normalized spacial score (nSPS) is 34.9. The minimum absolute atomic E-state index is 0.278. The summed E-state index contributed by atoms with van der Waals surface area (Å²) in [5.74, 6) is 0.586. The molecule has 0 aromatic carbocycles. The molecule has 0 bridgehead atoms. The van der Waals surface area contributed by atoms with Gasteiger partial charge in [-0.3, -0.25) is 4.79 Å². The fraction of sp³-hybridized carbons (Fsp3) is 0.857. The second-order valence-electron chi connectivity index (χ2n) is 2.88. The number of nitrogens with two attached hydrogens (primary N) is 1. The molecule has 9 heavy (non-hydrogen) atoms. The molecule has 0 spiro atoms. The van der Waals surface area contributed by atoms with Crippen molar-refractivity contribution < 1.29 is 4.79 Å². The summed E-state index contributed by atoms with van der Waals surface area (Å²) in [5, 5.41) is 0. The number of hydrogen-bond acceptors (Lipinski definition) is 2. The highest BCUT2D eigenvalue weighted by molar-refractivity contribution is 5.78. The van der Waals surface area contributed by atoms with Crippen LogP contribution in [-0.2, 0) is 4.79 Å². The molecule has 2 heteroatoms. The minimum Gasteiger partial charge on any atom is -0.328 e. The third-order valence-corrected chi connectivity index (χ3v) is 2.05. The standard InChI is InChI=1S/C7H13NO/c1-5(9)6-2-3-7(8)4-6/h6-7H,2-4,8H2,1H3/t6?,7-/m1/s1. The quantitative estimate of drug-likeness (QED) is 0.563. The minimum atomic E-state index is 0.278. The van der Waals surface area contributed by atoms with Crippen LogP contribution in [0.4, 0.5) is 0 Å². The summed E-state index contributed by atoms with van der Waals surface area (Å²) in [4.78, 5) is 10.7. The van der Waals surface area contributed by atoms with Crippen LogP contribution in [0.3, 0.4) is 0 Å². The Kier molecular flexibility index (Phi) is 1.86. The Morgan fingerprint density at radius 1 is 1.56 bits per heavy atom. The summed E-state index contributed by atoms with van der Waals surface area (Å²) in [7, 11) is 0. The molecule has 0 aromatic rings. The average molecular weight is 127 g/mol. The van der Waals surface area contributed by atoms with E-state index >= 15 is 0 Å². The van der Waals surface area contributed by atoms with E-state index in [1.165, 1.54) is 0 Å². The highest BCUT2D eigenvalue weighted by Gasteiger charge is 2.24. The summed E-state index contributed by atoms with van der Waals surface area (Å²) < 4.78 is 0. The molecule has 2 atom stereocenters. The van der Waals surface area contributed by atoms with Crippen LogP contribution in [0.1, 0.15) is 26.2 Å². The van der Waals surface area contributed by atoms with Crippen LogP contribution in [0.15, 0.2) is 0 Å². The van der Waals surface area contributed by atoms with Crippen molar-refractivity contribution in [3.05, 3.63) is 0 Å². The maximum atomic E-state index is 10.7. The first-order valence-corrected chi connectivity index (χ1v) is 3.46. The van der Waals surface area contributed by atoms with Gasteiger partial charge in [-0.05, 0) is 26.2 Å². The molecule has 0 saturated heterocycles. The predicted molar refractivity (Wildman–Crippen MR) is 36.0 cm³/mol. The van der Waals surface area contributed by atoms with Gasteiger partial charge in [0.05, 0.1) is 0 Å². The maximum absolute atomic E-state index is 10.7. The van der Waals surface area contributed by atoms with Crippen LogP contribution in [0.2, 0.25) is 0 Å². The van der Waals surface area contributed by atoms with E-state index in [-0.39, 0.29) is 5.92 Å². The number of Topliss-reactive ketones (excluding diaryl/α,β-unsaturated/α-hetero) is 1. The molecule has 0 aliphatic heterocycles. The molecule has 52 valence electrons. The Hall–Kier alpha value is -0.370. The predicted octanol–water partition coefficient (Wildman–Crippen LogP) is 0.703. The zero-order valence-electron chi connectivity index (χ0n) is 5.76. The summed E-state index contributed by atoms with van der Waals surface area (Å²) in [6, 6.07) is 0.291. The van der Waals surface area contributed by atoms with Gasteiger partial charge in [-0.15, -0.1) is 0 Å². The van der Waals surface area contributed by atoms with Gasteiger partial charge in [0, 0.05) is 12.0 Å².